The number of rotatable bonds is 2. The van der Waals surface area contributed by atoms with Crippen molar-refractivity contribution in [1.29, 1.82) is 0 Å². The number of fused-ring (bicyclic) bond motifs is 1. The highest BCUT2D eigenvalue weighted by atomic mass is 16.6. The number of esters is 1. The van der Waals surface area contributed by atoms with Gasteiger partial charge in [0.05, 0.1) is 12.0 Å². The van der Waals surface area contributed by atoms with Gasteiger partial charge in [-0.05, 0) is 18.4 Å². The zero-order valence-corrected chi connectivity index (χ0v) is 10.2. The predicted octanol–water partition coefficient (Wildman–Crippen LogP) is 1.82. The Morgan fingerprint density at radius 2 is 2.16 bits per heavy atom. The Hall–Kier alpha value is -2.50. The van der Waals surface area contributed by atoms with Crippen LogP contribution in [-0.2, 0) is 16.0 Å². The summed E-state index contributed by atoms with van der Waals surface area (Å²) in [6.07, 6.45) is 2.14. The molecule has 6 heteroatoms. The summed E-state index contributed by atoms with van der Waals surface area (Å²) >= 11 is 0. The smallest absolute Gasteiger partial charge is 0.330 e. The lowest BCUT2D eigenvalue weighted by Crippen LogP contribution is -2.16. The average molecular weight is 261 g/mol. The number of allylic oxidation sites excluding steroid dienone is 1. The number of Topliss-reactive ketones (excluding diaryl/α,β-unsaturated/α-hetero) is 1. The highest BCUT2D eigenvalue weighted by molar-refractivity contribution is 6.13. The zero-order valence-electron chi connectivity index (χ0n) is 10.2. The third kappa shape index (κ3) is 2.52. The largest absolute Gasteiger partial charge is 0.466 e. The third-order valence-corrected chi connectivity index (χ3v) is 3.00. The first-order valence-electron chi connectivity index (χ1n) is 5.63. The summed E-state index contributed by atoms with van der Waals surface area (Å²) in [5.74, 6) is -0.951. The fourth-order valence-electron chi connectivity index (χ4n) is 2.00. The Morgan fingerprint density at radius 1 is 1.42 bits per heavy atom. The van der Waals surface area contributed by atoms with E-state index in [1.807, 2.05) is 0 Å². The Kier molecular flexibility index (Phi) is 3.41. The first-order valence-corrected chi connectivity index (χ1v) is 5.63. The molecule has 0 atom stereocenters. The molecular weight excluding hydrogens is 250 g/mol. The maximum absolute atomic E-state index is 12.1. The van der Waals surface area contributed by atoms with Gasteiger partial charge in [-0.15, -0.1) is 0 Å². The quantitative estimate of drug-likeness (QED) is 0.351. The molecule has 1 aliphatic rings. The SMILES string of the molecule is COC(=O)C=C1CCc2ccc([N+](=O)[O-])cc2C1=O. The topological polar surface area (TPSA) is 86.5 Å². The first-order chi connectivity index (χ1) is 9.02. The zero-order chi connectivity index (χ0) is 14.0. The van der Waals surface area contributed by atoms with Crippen LogP contribution in [0, 0.1) is 10.1 Å². The van der Waals surface area contributed by atoms with Gasteiger partial charge < -0.3 is 4.74 Å². The fraction of sp³-hybridized carbons (Fsp3) is 0.231. The van der Waals surface area contributed by atoms with Crippen LogP contribution in [0.25, 0.3) is 0 Å². The third-order valence-electron chi connectivity index (χ3n) is 3.00. The van der Waals surface area contributed by atoms with Gasteiger partial charge in [-0.3, -0.25) is 14.9 Å². The Bertz CT molecular complexity index is 603. The maximum atomic E-state index is 12.1. The van der Waals surface area contributed by atoms with Gasteiger partial charge in [0.25, 0.3) is 5.69 Å². The second-order valence-electron chi connectivity index (χ2n) is 4.12. The number of nitro groups is 1. The van der Waals surface area contributed by atoms with E-state index in [2.05, 4.69) is 4.74 Å². The van der Waals surface area contributed by atoms with Crippen LogP contribution >= 0.6 is 0 Å². The lowest BCUT2D eigenvalue weighted by atomic mass is 9.86. The summed E-state index contributed by atoms with van der Waals surface area (Å²) in [5, 5.41) is 10.7. The highest BCUT2D eigenvalue weighted by Gasteiger charge is 2.24. The molecule has 0 saturated heterocycles. The van der Waals surface area contributed by atoms with E-state index in [-0.39, 0.29) is 17.0 Å². The van der Waals surface area contributed by atoms with Gasteiger partial charge in [0.15, 0.2) is 5.78 Å². The minimum Gasteiger partial charge on any atom is -0.466 e. The molecule has 0 radical (unpaired) electrons. The van der Waals surface area contributed by atoms with E-state index in [4.69, 9.17) is 0 Å². The van der Waals surface area contributed by atoms with Crippen molar-refractivity contribution in [3.05, 3.63) is 51.1 Å². The summed E-state index contributed by atoms with van der Waals surface area (Å²) in [7, 11) is 1.23. The van der Waals surface area contributed by atoms with E-state index in [1.165, 1.54) is 19.2 Å². The van der Waals surface area contributed by atoms with Crippen LogP contribution in [0.1, 0.15) is 22.3 Å². The number of aryl methyl sites for hydroxylation is 1. The standard InChI is InChI=1S/C13H11NO5/c1-19-12(15)6-9-3-2-8-4-5-10(14(17)18)7-11(8)13(9)16/h4-7H,2-3H2,1H3. The van der Waals surface area contributed by atoms with Crippen molar-refractivity contribution in [2.75, 3.05) is 7.11 Å². The number of ketones is 1. The van der Waals surface area contributed by atoms with Crippen molar-refractivity contribution < 1.29 is 19.2 Å². The molecule has 1 aromatic carbocycles. The molecule has 0 fully saturated rings. The summed E-state index contributed by atoms with van der Waals surface area (Å²) in [5.41, 5.74) is 1.24. The summed E-state index contributed by atoms with van der Waals surface area (Å²) < 4.78 is 4.48. The van der Waals surface area contributed by atoms with Crippen LogP contribution in [-0.4, -0.2) is 23.8 Å². The Labute approximate surface area is 108 Å². The van der Waals surface area contributed by atoms with Crippen LogP contribution in [0.5, 0.6) is 0 Å². The van der Waals surface area contributed by atoms with E-state index in [9.17, 15) is 19.7 Å². The number of methoxy groups -OCH3 is 1. The van der Waals surface area contributed by atoms with Gasteiger partial charge in [0.2, 0.25) is 0 Å². The molecule has 0 N–H and O–H groups in total. The van der Waals surface area contributed by atoms with Gasteiger partial charge in [-0.2, -0.15) is 0 Å². The number of nitrogens with zero attached hydrogens (tertiary/aromatic N) is 1. The van der Waals surface area contributed by atoms with E-state index in [1.54, 1.807) is 6.07 Å². The van der Waals surface area contributed by atoms with E-state index >= 15 is 0 Å². The van der Waals surface area contributed by atoms with Gasteiger partial charge in [-0.1, -0.05) is 6.07 Å². The molecule has 19 heavy (non-hydrogen) atoms. The van der Waals surface area contributed by atoms with Crippen LogP contribution in [0.15, 0.2) is 29.8 Å². The van der Waals surface area contributed by atoms with Crippen molar-refractivity contribution >= 4 is 17.4 Å². The summed E-state index contributed by atoms with van der Waals surface area (Å²) in [4.78, 5) is 33.5. The molecule has 6 nitrogen and oxygen atoms in total. The van der Waals surface area contributed by atoms with Crippen LogP contribution in [0.2, 0.25) is 0 Å². The number of carbonyl (C=O) groups is 2. The van der Waals surface area contributed by atoms with Gasteiger partial charge in [-0.25, -0.2) is 4.79 Å². The normalized spacial score (nSPS) is 16.1. The summed E-state index contributed by atoms with van der Waals surface area (Å²) in [6.45, 7) is 0. The molecule has 0 unspecified atom stereocenters. The molecule has 98 valence electrons. The number of ether oxygens (including phenoxy) is 1. The van der Waals surface area contributed by atoms with Gasteiger partial charge in [0.1, 0.15) is 0 Å². The molecule has 0 aliphatic heterocycles. The molecule has 1 aliphatic carbocycles. The van der Waals surface area contributed by atoms with Crippen LogP contribution in [0.4, 0.5) is 5.69 Å². The molecule has 0 bridgehead atoms. The molecule has 0 aromatic heterocycles. The Balaban J connectivity index is 2.42. The molecular formula is C13H11NO5. The number of carbonyl (C=O) groups excluding carboxylic acids is 2. The molecule has 0 amide bonds. The van der Waals surface area contributed by atoms with Crippen molar-refractivity contribution in [3.63, 3.8) is 0 Å². The van der Waals surface area contributed by atoms with Crippen LogP contribution in [0.3, 0.4) is 0 Å². The average Bonchev–Trinajstić information content (AvgIpc) is 2.41. The minimum atomic E-state index is -0.600. The summed E-state index contributed by atoms with van der Waals surface area (Å²) in [6, 6.07) is 4.21. The highest BCUT2D eigenvalue weighted by Crippen LogP contribution is 2.28. The fourth-order valence-corrected chi connectivity index (χ4v) is 2.00. The van der Waals surface area contributed by atoms with Crippen molar-refractivity contribution in [2.45, 2.75) is 12.8 Å². The molecule has 1 aromatic rings. The number of hydrogen-bond donors (Lipinski definition) is 0. The second kappa shape index (κ2) is 5.01. The monoisotopic (exact) mass is 261 g/mol. The molecule has 0 spiro atoms. The van der Waals surface area contributed by atoms with Crippen molar-refractivity contribution in [2.24, 2.45) is 0 Å². The number of non-ortho nitro benzene ring substituents is 1. The number of benzene rings is 1. The Morgan fingerprint density at radius 3 is 2.79 bits per heavy atom. The molecule has 0 heterocycles. The first kappa shape index (κ1) is 12.9. The van der Waals surface area contributed by atoms with Crippen molar-refractivity contribution in [1.82, 2.24) is 0 Å². The van der Waals surface area contributed by atoms with E-state index in [0.29, 0.717) is 18.4 Å². The maximum Gasteiger partial charge on any atom is 0.330 e. The number of nitro benzene ring substituents is 1. The van der Waals surface area contributed by atoms with E-state index in [0.717, 1.165) is 11.6 Å². The van der Waals surface area contributed by atoms with Crippen molar-refractivity contribution in [3.8, 4) is 0 Å². The van der Waals surface area contributed by atoms with Gasteiger partial charge >= 0.3 is 5.97 Å². The lowest BCUT2D eigenvalue weighted by molar-refractivity contribution is -0.384. The van der Waals surface area contributed by atoms with E-state index < -0.39 is 10.9 Å². The predicted molar refractivity (Wildman–Crippen MR) is 65.8 cm³/mol. The minimum absolute atomic E-state index is 0.133. The molecule has 0 saturated carbocycles. The molecule has 2 rings (SSSR count). The second-order valence-corrected chi connectivity index (χ2v) is 4.12. The number of hydrogen-bond acceptors (Lipinski definition) is 5. The lowest BCUT2D eigenvalue weighted by Gasteiger charge is -2.16. The van der Waals surface area contributed by atoms with Gasteiger partial charge in [0, 0.05) is 29.3 Å². The van der Waals surface area contributed by atoms with Crippen LogP contribution < -0.4 is 0 Å².